The first-order valence-corrected chi connectivity index (χ1v) is 7.71. The van der Waals surface area contributed by atoms with E-state index in [4.69, 9.17) is 4.74 Å². The maximum atomic E-state index is 12.1. The highest BCUT2D eigenvalue weighted by atomic mass is 79.9. The average molecular weight is 328 g/mol. The first kappa shape index (κ1) is 16.0. The zero-order valence-corrected chi connectivity index (χ0v) is 13.4. The van der Waals surface area contributed by atoms with Crippen molar-refractivity contribution >= 4 is 21.8 Å². The van der Waals surface area contributed by atoms with Crippen molar-refractivity contribution in [2.45, 2.75) is 38.6 Å². The molecule has 0 spiro atoms. The first-order valence-electron chi connectivity index (χ1n) is 6.59. The minimum atomic E-state index is -0.143. The van der Waals surface area contributed by atoms with Crippen molar-refractivity contribution in [1.82, 2.24) is 5.32 Å². The first-order chi connectivity index (χ1) is 9.09. The third-order valence-electron chi connectivity index (χ3n) is 3.51. The van der Waals surface area contributed by atoms with Crippen LogP contribution in [0, 0.1) is 0 Å². The van der Waals surface area contributed by atoms with Crippen LogP contribution in [0.1, 0.15) is 32.3 Å². The molecule has 0 fully saturated rings. The molecule has 0 aliphatic heterocycles. The van der Waals surface area contributed by atoms with Gasteiger partial charge in [-0.05, 0) is 30.5 Å². The van der Waals surface area contributed by atoms with Crippen LogP contribution < -0.4 is 10.1 Å². The topological polar surface area (TPSA) is 38.3 Å². The highest BCUT2D eigenvalue weighted by Crippen LogP contribution is 2.19. The number of nitrogens with one attached hydrogen (secondary N) is 1. The molecule has 0 bridgehead atoms. The molecule has 0 atom stereocenters. The number of hydrogen-bond donors (Lipinski definition) is 1. The van der Waals surface area contributed by atoms with E-state index in [-0.39, 0.29) is 11.4 Å². The Kier molecular flexibility index (Phi) is 6.35. The average Bonchev–Trinajstić information content (AvgIpc) is 2.45. The fourth-order valence-electron chi connectivity index (χ4n) is 1.96. The molecule has 0 saturated heterocycles. The molecular formula is C15H22BrNO2. The molecule has 0 heterocycles. The van der Waals surface area contributed by atoms with Gasteiger partial charge in [0.05, 0.1) is 13.5 Å². The fraction of sp³-hybridized carbons (Fsp3) is 0.533. The number of ether oxygens (including phenoxy) is 1. The predicted molar refractivity (Wildman–Crippen MR) is 81.9 cm³/mol. The van der Waals surface area contributed by atoms with Crippen LogP contribution in [0.3, 0.4) is 0 Å². The minimum Gasteiger partial charge on any atom is -0.497 e. The third kappa shape index (κ3) is 4.53. The molecule has 0 saturated carbocycles. The maximum Gasteiger partial charge on any atom is 0.224 e. The summed E-state index contributed by atoms with van der Waals surface area (Å²) in [6, 6.07) is 7.62. The summed E-state index contributed by atoms with van der Waals surface area (Å²) in [6.07, 6.45) is 2.21. The van der Waals surface area contributed by atoms with Crippen molar-refractivity contribution in [3.8, 4) is 5.75 Å². The number of halogens is 1. The van der Waals surface area contributed by atoms with Crippen LogP contribution in [-0.4, -0.2) is 23.9 Å². The van der Waals surface area contributed by atoms with Gasteiger partial charge < -0.3 is 10.1 Å². The number of alkyl halides is 1. The Morgan fingerprint density at radius 2 is 2.05 bits per heavy atom. The number of benzene rings is 1. The highest BCUT2D eigenvalue weighted by Gasteiger charge is 2.26. The van der Waals surface area contributed by atoms with Gasteiger partial charge in [-0.15, -0.1) is 0 Å². The van der Waals surface area contributed by atoms with E-state index in [1.165, 1.54) is 0 Å². The molecule has 1 N–H and O–H groups in total. The predicted octanol–water partition coefficient (Wildman–Crippen LogP) is 3.31. The van der Waals surface area contributed by atoms with E-state index in [2.05, 4.69) is 35.1 Å². The molecule has 3 nitrogen and oxygen atoms in total. The number of methoxy groups -OCH3 is 1. The maximum absolute atomic E-state index is 12.1. The van der Waals surface area contributed by atoms with Gasteiger partial charge in [0.2, 0.25) is 5.91 Å². The second kappa shape index (κ2) is 7.53. The molecule has 0 aromatic heterocycles. The van der Waals surface area contributed by atoms with E-state index in [1.54, 1.807) is 7.11 Å². The van der Waals surface area contributed by atoms with Gasteiger partial charge in [-0.2, -0.15) is 0 Å². The zero-order valence-electron chi connectivity index (χ0n) is 11.8. The molecule has 0 radical (unpaired) electrons. The molecule has 4 heteroatoms. The van der Waals surface area contributed by atoms with E-state index in [0.717, 1.165) is 29.5 Å². The molecule has 0 aliphatic rings. The lowest BCUT2D eigenvalue weighted by atomic mass is 9.95. The molecule has 106 valence electrons. The number of carbonyl (C=O) groups excluding carboxylic acids is 1. The van der Waals surface area contributed by atoms with Crippen LogP contribution in [0.5, 0.6) is 5.75 Å². The summed E-state index contributed by atoms with van der Waals surface area (Å²) < 4.78 is 5.16. The Bertz CT molecular complexity index is 408. The van der Waals surface area contributed by atoms with Crippen LogP contribution in [0.25, 0.3) is 0 Å². The van der Waals surface area contributed by atoms with Gasteiger partial charge in [0.1, 0.15) is 5.75 Å². The molecule has 1 rings (SSSR count). The largest absolute Gasteiger partial charge is 0.497 e. The van der Waals surface area contributed by atoms with Crippen molar-refractivity contribution in [1.29, 1.82) is 0 Å². The van der Waals surface area contributed by atoms with E-state index in [9.17, 15) is 4.79 Å². The summed E-state index contributed by atoms with van der Waals surface area (Å²) in [6.45, 7) is 4.19. The molecule has 0 aliphatic carbocycles. The summed E-state index contributed by atoms with van der Waals surface area (Å²) in [4.78, 5) is 12.1. The second-order valence-corrected chi connectivity index (χ2v) is 5.26. The Hall–Kier alpha value is -1.03. The van der Waals surface area contributed by atoms with Gasteiger partial charge in [-0.1, -0.05) is 41.9 Å². The van der Waals surface area contributed by atoms with Crippen molar-refractivity contribution < 1.29 is 9.53 Å². The van der Waals surface area contributed by atoms with Gasteiger partial charge in [-0.3, -0.25) is 4.79 Å². The van der Waals surface area contributed by atoms with Gasteiger partial charge in [0.15, 0.2) is 0 Å². The molecule has 1 amide bonds. The van der Waals surface area contributed by atoms with Gasteiger partial charge in [0, 0.05) is 10.9 Å². The van der Waals surface area contributed by atoms with E-state index < -0.39 is 0 Å². The monoisotopic (exact) mass is 327 g/mol. The van der Waals surface area contributed by atoms with Crippen molar-refractivity contribution in [3.63, 3.8) is 0 Å². The summed E-state index contributed by atoms with van der Waals surface area (Å²) in [5.74, 6) is 0.833. The van der Waals surface area contributed by atoms with E-state index >= 15 is 0 Å². The van der Waals surface area contributed by atoms with Crippen molar-refractivity contribution in [3.05, 3.63) is 29.8 Å². The van der Waals surface area contributed by atoms with Gasteiger partial charge >= 0.3 is 0 Å². The number of amides is 1. The fourth-order valence-corrected chi connectivity index (χ4v) is 2.89. The Morgan fingerprint density at radius 3 is 2.58 bits per heavy atom. The molecular weight excluding hydrogens is 306 g/mol. The van der Waals surface area contributed by atoms with Crippen LogP contribution in [0.4, 0.5) is 0 Å². The molecule has 1 aromatic carbocycles. The molecule has 19 heavy (non-hydrogen) atoms. The van der Waals surface area contributed by atoms with Crippen LogP contribution in [-0.2, 0) is 11.2 Å². The molecule has 0 unspecified atom stereocenters. The van der Waals surface area contributed by atoms with Crippen LogP contribution in [0.2, 0.25) is 0 Å². The lowest BCUT2D eigenvalue weighted by molar-refractivity contribution is -0.122. The van der Waals surface area contributed by atoms with Gasteiger partial charge in [-0.25, -0.2) is 0 Å². The van der Waals surface area contributed by atoms with Crippen molar-refractivity contribution in [2.75, 3.05) is 12.4 Å². The highest BCUT2D eigenvalue weighted by molar-refractivity contribution is 9.09. The summed E-state index contributed by atoms with van der Waals surface area (Å²) in [5.41, 5.74) is 0.822. The normalized spacial score (nSPS) is 11.2. The van der Waals surface area contributed by atoms with E-state index in [0.29, 0.717) is 6.42 Å². The lowest BCUT2D eigenvalue weighted by Gasteiger charge is -2.31. The number of rotatable bonds is 7. The smallest absolute Gasteiger partial charge is 0.224 e. The Labute approximate surface area is 123 Å². The summed E-state index contributed by atoms with van der Waals surface area (Å²) in [7, 11) is 1.63. The second-order valence-electron chi connectivity index (χ2n) is 4.70. The lowest BCUT2D eigenvalue weighted by Crippen LogP contribution is -2.49. The SMILES string of the molecule is CCC(CC)(CBr)NC(=O)Cc1cccc(OC)c1. The van der Waals surface area contributed by atoms with Crippen LogP contribution >= 0.6 is 15.9 Å². The van der Waals surface area contributed by atoms with Crippen molar-refractivity contribution in [2.24, 2.45) is 0 Å². The van der Waals surface area contributed by atoms with E-state index in [1.807, 2.05) is 24.3 Å². The zero-order chi connectivity index (χ0) is 14.3. The molecule has 1 aromatic rings. The van der Waals surface area contributed by atoms with Gasteiger partial charge in [0.25, 0.3) is 0 Å². The minimum absolute atomic E-state index is 0.0522. The Morgan fingerprint density at radius 1 is 1.37 bits per heavy atom. The Balaban J connectivity index is 2.68. The van der Waals surface area contributed by atoms with Crippen LogP contribution in [0.15, 0.2) is 24.3 Å². The summed E-state index contributed by atoms with van der Waals surface area (Å²) >= 11 is 3.50. The third-order valence-corrected chi connectivity index (χ3v) is 4.59. The number of carbonyl (C=O) groups is 1. The quantitative estimate of drug-likeness (QED) is 0.780. The summed E-state index contributed by atoms with van der Waals surface area (Å²) in [5, 5.41) is 3.91. The number of hydrogen-bond acceptors (Lipinski definition) is 2. The standard InChI is InChI=1S/C15H22BrNO2/c1-4-15(5-2,11-16)17-14(18)10-12-7-6-8-13(9-12)19-3/h6-9H,4-5,10-11H2,1-3H3,(H,17,18).